The van der Waals surface area contributed by atoms with Gasteiger partial charge in [0.05, 0.1) is 17.7 Å². The van der Waals surface area contributed by atoms with Crippen LogP contribution in [0.3, 0.4) is 0 Å². The van der Waals surface area contributed by atoms with Crippen molar-refractivity contribution < 1.29 is 27.1 Å². The molecule has 0 spiro atoms. The average Bonchev–Trinajstić information content (AvgIpc) is 2.90. The minimum atomic E-state index is -4.28. The molecule has 0 saturated heterocycles. The van der Waals surface area contributed by atoms with Crippen molar-refractivity contribution >= 4 is 39.1 Å². The molecule has 0 bridgehead atoms. The molecule has 214 valence electrons. The highest BCUT2D eigenvalue weighted by atomic mass is 35.5. The largest absolute Gasteiger partial charge is 0.497 e. The molecule has 0 aliphatic carbocycles. The molecule has 3 rings (SSSR count). The Balaban J connectivity index is 2.03. The van der Waals surface area contributed by atoms with E-state index >= 15 is 0 Å². The summed E-state index contributed by atoms with van der Waals surface area (Å²) in [6.45, 7) is 6.42. The number of hydrogen-bond acceptors (Lipinski definition) is 5. The van der Waals surface area contributed by atoms with Crippen LogP contribution in [0.25, 0.3) is 0 Å². The smallest absolute Gasteiger partial charge is 0.264 e. The average molecular weight is 590 g/mol. The Kier molecular flexibility index (Phi) is 9.81. The summed E-state index contributed by atoms with van der Waals surface area (Å²) in [5, 5.41) is 3.38. The van der Waals surface area contributed by atoms with Gasteiger partial charge in [-0.3, -0.25) is 13.9 Å². The van der Waals surface area contributed by atoms with Crippen molar-refractivity contribution in [3.8, 4) is 5.75 Å². The van der Waals surface area contributed by atoms with Crippen LogP contribution in [0.15, 0.2) is 77.7 Å². The first kappa shape index (κ1) is 30.9. The number of amides is 2. The van der Waals surface area contributed by atoms with E-state index in [1.165, 1.54) is 48.4 Å². The third kappa shape index (κ3) is 7.95. The van der Waals surface area contributed by atoms with Crippen LogP contribution in [0.4, 0.5) is 10.1 Å². The fraction of sp³-hybridized carbons (Fsp3) is 0.310. The van der Waals surface area contributed by atoms with E-state index in [4.69, 9.17) is 16.3 Å². The van der Waals surface area contributed by atoms with Crippen molar-refractivity contribution in [3.05, 3.63) is 89.2 Å². The molecule has 8 nitrogen and oxygen atoms in total. The fourth-order valence-electron chi connectivity index (χ4n) is 3.85. The van der Waals surface area contributed by atoms with Crippen LogP contribution in [0.2, 0.25) is 5.02 Å². The van der Waals surface area contributed by atoms with E-state index in [0.29, 0.717) is 16.3 Å². The minimum Gasteiger partial charge on any atom is -0.497 e. The second-order valence-electron chi connectivity index (χ2n) is 10.2. The number of halogens is 2. The number of nitrogens with zero attached hydrogens (tertiary/aromatic N) is 2. The van der Waals surface area contributed by atoms with Gasteiger partial charge in [0, 0.05) is 17.1 Å². The number of hydrogen-bond donors (Lipinski definition) is 1. The molecular formula is C29H33ClFN3O5S. The van der Waals surface area contributed by atoms with Crippen molar-refractivity contribution in [2.75, 3.05) is 18.0 Å². The number of carbonyl (C=O) groups is 2. The number of carbonyl (C=O) groups excluding carboxylic acids is 2. The quantitative estimate of drug-likeness (QED) is 0.358. The molecule has 40 heavy (non-hydrogen) atoms. The lowest BCUT2D eigenvalue weighted by molar-refractivity contribution is -0.140. The SMILES string of the molecule is COc1ccc(S(=O)(=O)N(CC(=O)N(Cc2ccc(Cl)cc2)C(C)C(=O)NC(C)(C)C)c2ccc(F)cc2)cc1. The molecular weight excluding hydrogens is 557 g/mol. The van der Waals surface area contributed by atoms with Gasteiger partial charge >= 0.3 is 0 Å². The van der Waals surface area contributed by atoms with Gasteiger partial charge in [0.1, 0.15) is 24.2 Å². The van der Waals surface area contributed by atoms with E-state index in [9.17, 15) is 22.4 Å². The molecule has 0 aliphatic heterocycles. The summed E-state index contributed by atoms with van der Waals surface area (Å²) in [7, 11) is -2.83. The fourth-order valence-corrected chi connectivity index (χ4v) is 5.39. The highest BCUT2D eigenvalue weighted by molar-refractivity contribution is 7.92. The predicted octanol–water partition coefficient (Wildman–Crippen LogP) is 5.02. The maximum absolute atomic E-state index is 13.9. The van der Waals surface area contributed by atoms with E-state index in [1.54, 1.807) is 31.2 Å². The Morgan fingerprint density at radius 1 is 0.975 bits per heavy atom. The van der Waals surface area contributed by atoms with Crippen molar-refractivity contribution in [1.82, 2.24) is 10.2 Å². The second-order valence-corrected chi connectivity index (χ2v) is 12.5. The third-order valence-electron chi connectivity index (χ3n) is 5.97. The summed E-state index contributed by atoms with van der Waals surface area (Å²) in [4.78, 5) is 28.2. The lowest BCUT2D eigenvalue weighted by atomic mass is 10.1. The first-order valence-corrected chi connectivity index (χ1v) is 14.3. The zero-order valence-corrected chi connectivity index (χ0v) is 24.6. The van der Waals surface area contributed by atoms with Gasteiger partial charge in [-0.15, -0.1) is 0 Å². The number of sulfonamides is 1. The second kappa shape index (κ2) is 12.7. The number of benzene rings is 3. The molecule has 0 fully saturated rings. The van der Waals surface area contributed by atoms with Crippen LogP contribution < -0.4 is 14.4 Å². The number of ether oxygens (including phenoxy) is 1. The van der Waals surface area contributed by atoms with Crippen LogP contribution in [0, 0.1) is 5.82 Å². The summed E-state index contributed by atoms with van der Waals surface area (Å²) in [6, 6.07) is 16.3. The van der Waals surface area contributed by atoms with Crippen LogP contribution in [-0.4, -0.2) is 50.4 Å². The van der Waals surface area contributed by atoms with Gasteiger partial charge in [-0.05, 0) is 93.9 Å². The monoisotopic (exact) mass is 589 g/mol. The molecule has 0 aliphatic rings. The van der Waals surface area contributed by atoms with Crippen LogP contribution in [-0.2, 0) is 26.2 Å². The normalized spacial score (nSPS) is 12.4. The van der Waals surface area contributed by atoms with Crippen molar-refractivity contribution in [1.29, 1.82) is 0 Å². The standard InChI is InChI=1S/C29H33ClFN3O5S/c1-20(28(36)32-29(2,3)4)33(18-21-6-8-22(30)9-7-21)27(35)19-34(24-12-10-23(31)11-13-24)40(37,38)26-16-14-25(39-5)15-17-26/h6-17,20H,18-19H2,1-5H3,(H,32,36). The summed E-state index contributed by atoms with van der Waals surface area (Å²) >= 11 is 6.02. The van der Waals surface area contributed by atoms with Crippen LogP contribution in [0.5, 0.6) is 5.75 Å². The number of rotatable bonds is 10. The maximum Gasteiger partial charge on any atom is 0.264 e. The molecule has 2 amide bonds. The summed E-state index contributed by atoms with van der Waals surface area (Å²) in [5.41, 5.74) is 0.223. The Labute approximate surface area is 239 Å². The molecule has 11 heteroatoms. The molecule has 0 aromatic heterocycles. The van der Waals surface area contributed by atoms with Crippen LogP contribution in [0.1, 0.15) is 33.3 Å². The Morgan fingerprint density at radius 3 is 2.08 bits per heavy atom. The highest BCUT2D eigenvalue weighted by Gasteiger charge is 2.33. The van der Waals surface area contributed by atoms with E-state index in [0.717, 1.165) is 16.4 Å². The summed E-state index contributed by atoms with van der Waals surface area (Å²) < 4.78 is 47.3. The van der Waals surface area contributed by atoms with Gasteiger partial charge in [-0.1, -0.05) is 23.7 Å². The Bertz CT molecular complexity index is 1420. The van der Waals surface area contributed by atoms with Gasteiger partial charge in [-0.25, -0.2) is 12.8 Å². The minimum absolute atomic E-state index is 0.0224. The first-order valence-electron chi connectivity index (χ1n) is 12.5. The summed E-state index contributed by atoms with van der Waals surface area (Å²) in [5.74, 6) is -1.14. The molecule has 0 radical (unpaired) electrons. The highest BCUT2D eigenvalue weighted by Crippen LogP contribution is 2.26. The van der Waals surface area contributed by atoms with E-state index in [1.807, 2.05) is 20.8 Å². The van der Waals surface area contributed by atoms with Crippen molar-refractivity contribution in [2.24, 2.45) is 0 Å². The molecule has 1 N–H and O–H groups in total. The lowest BCUT2D eigenvalue weighted by Gasteiger charge is -2.33. The Morgan fingerprint density at radius 2 is 1.55 bits per heavy atom. The lowest BCUT2D eigenvalue weighted by Crippen LogP contribution is -2.54. The number of nitrogens with one attached hydrogen (secondary N) is 1. The van der Waals surface area contributed by atoms with Gasteiger partial charge in [0.2, 0.25) is 11.8 Å². The maximum atomic E-state index is 13.9. The third-order valence-corrected chi connectivity index (χ3v) is 8.01. The van der Waals surface area contributed by atoms with Crippen molar-refractivity contribution in [3.63, 3.8) is 0 Å². The Hall–Kier alpha value is -3.63. The van der Waals surface area contributed by atoms with E-state index in [-0.39, 0.29) is 17.1 Å². The predicted molar refractivity (Wildman–Crippen MR) is 153 cm³/mol. The first-order chi connectivity index (χ1) is 18.7. The zero-order chi connectivity index (χ0) is 29.7. The van der Waals surface area contributed by atoms with Crippen LogP contribution >= 0.6 is 11.6 Å². The molecule has 3 aromatic rings. The molecule has 1 atom stereocenters. The van der Waals surface area contributed by atoms with Gasteiger partial charge < -0.3 is 15.0 Å². The van der Waals surface area contributed by atoms with Gasteiger partial charge in [0.25, 0.3) is 10.0 Å². The number of anilines is 1. The number of methoxy groups -OCH3 is 1. The molecule has 0 heterocycles. The zero-order valence-electron chi connectivity index (χ0n) is 23.0. The molecule has 3 aromatic carbocycles. The topological polar surface area (TPSA) is 96.0 Å². The van der Waals surface area contributed by atoms with Crippen molar-refractivity contribution in [2.45, 2.75) is 50.7 Å². The van der Waals surface area contributed by atoms with Gasteiger partial charge in [0.15, 0.2) is 0 Å². The van der Waals surface area contributed by atoms with E-state index in [2.05, 4.69) is 5.32 Å². The van der Waals surface area contributed by atoms with E-state index < -0.39 is 45.8 Å². The van der Waals surface area contributed by atoms with Gasteiger partial charge in [-0.2, -0.15) is 0 Å². The summed E-state index contributed by atoms with van der Waals surface area (Å²) in [6.07, 6.45) is 0. The molecule has 1 unspecified atom stereocenters. The molecule has 0 saturated carbocycles.